The summed E-state index contributed by atoms with van der Waals surface area (Å²) in [7, 11) is -1.38. The lowest BCUT2D eigenvalue weighted by Crippen LogP contribution is -2.20. The molecule has 2 aromatic carbocycles. The minimum absolute atomic E-state index is 0.0546. The van der Waals surface area contributed by atoms with Gasteiger partial charge in [-0.1, -0.05) is 5.16 Å². The third-order valence-electron chi connectivity index (χ3n) is 5.25. The van der Waals surface area contributed by atoms with Crippen molar-refractivity contribution in [2.24, 2.45) is 0 Å². The van der Waals surface area contributed by atoms with Gasteiger partial charge in [0.15, 0.2) is 11.4 Å². The number of benzene rings is 2. The predicted octanol–water partition coefficient (Wildman–Crippen LogP) is 1.92. The number of sulfonamides is 1. The van der Waals surface area contributed by atoms with E-state index in [0.717, 1.165) is 11.1 Å². The SMILES string of the molecule is C#CC(=O)NCc1cnn(Cc2cc(OC)c3c(NS(=O)(=O)c4ccc(C(=O)OC)cc4)noc3c2)c1. The van der Waals surface area contributed by atoms with Crippen LogP contribution in [0.1, 0.15) is 21.5 Å². The number of esters is 1. The van der Waals surface area contributed by atoms with Gasteiger partial charge in [-0.05, 0) is 47.9 Å². The fourth-order valence-corrected chi connectivity index (χ4v) is 4.50. The lowest BCUT2D eigenvalue weighted by Gasteiger charge is -2.09. The van der Waals surface area contributed by atoms with Gasteiger partial charge >= 0.3 is 5.97 Å². The molecule has 190 valence electrons. The van der Waals surface area contributed by atoms with Crippen molar-refractivity contribution in [1.29, 1.82) is 0 Å². The van der Waals surface area contributed by atoms with Crippen molar-refractivity contribution in [3.8, 4) is 18.1 Å². The molecule has 0 spiro atoms. The molecule has 4 rings (SSSR count). The van der Waals surface area contributed by atoms with E-state index >= 15 is 0 Å². The van der Waals surface area contributed by atoms with E-state index in [1.165, 1.54) is 38.5 Å². The van der Waals surface area contributed by atoms with Crippen LogP contribution in [0.3, 0.4) is 0 Å². The molecule has 0 saturated heterocycles. The number of aromatic nitrogens is 3. The van der Waals surface area contributed by atoms with Crippen LogP contribution in [0.15, 0.2) is 58.2 Å². The summed E-state index contributed by atoms with van der Waals surface area (Å²) in [6, 6.07) is 8.65. The highest BCUT2D eigenvalue weighted by Gasteiger charge is 2.22. The molecule has 0 fully saturated rings. The molecule has 0 unspecified atom stereocenters. The third-order valence-corrected chi connectivity index (χ3v) is 6.60. The highest BCUT2D eigenvalue weighted by molar-refractivity contribution is 7.92. The van der Waals surface area contributed by atoms with E-state index in [0.29, 0.717) is 23.3 Å². The normalized spacial score (nSPS) is 11.1. The third kappa shape index (κ3) is 5.54. The molecular weight excluding hydrogens is 502 g/mol. The fraction of sp³-hybridized carbons (Fsp3) is 0.167. The average Bonchev–Trinajstić information content (AvgIpc) is 3.52. The van der Waals surface area contributed by atoms with Gasteiger partial charge in [0.25, 0.3) is 15.9 Å². The van der Waals surface area contributed by atoms with Crippen molar-refractivity contribution in [2.75, 3.05) is 18.9 Å². The molecule has 4 aromatic rings. The number of nitrogens with one attached hydrogen (secondary N) is 2. The first-order valence-corrected chi connectivity index (χ1v) is 12.2. The van der Waals surface area contributed by atoms with Crippen LogP contribution in [0.5, 0.6) is 5.75 Å². The van der Waals surface area contributed by atoms with E-state index < -0.39 is 21.9 Å². The Morgan fingerprint density at radius 1 is 1.16 bits per heavy atom. The number of hydrogen-bond acceptors (Lipinski definition) is 9. The topological polar surface area (TPSA) is 155 Å². The molecule has 2 N–H and O–H groups in total. The Labute approximate surface area is 211 Å². The molecule has 0 aliphatic rings. The van der Waals surface area contributed by atoms with E-state index in [-0.39, 0.29) is 22.8 Å². The van der Waals surface area contributed by atoms with Crippen LogP contribution < -0.4 is 14.8 Å². The highest BCUT2D eigenvalue weighted by atomic mass is 32.2. The standard InChI is InChI=1S/C24H21N5O7S/c1-4-21(30)25-11-16-12-26-29(14-16)13-15-9-19(34-2)22-20(10-15)36-27-23(22)28-37(32,33)18-7-5-17(6-8-18)24(31)35-3/h1,5-10,12,14H,11,13H2,2-3H3,(H,25,30)(H,27,28). The van der Waals surface area contributed by atoms with Gasteiger partial charge in [0.2, 0.25) is 0 Å². The second-order valence-corrected chi connectivity index (χ2v) is 9.38. The minimum atomic E-state index is -4.05. The fourth-order valence-electron chi connectivity index (χ4n) is 3.49. The maximum Gasteiger partial charge on any atom is 0.337 e. The van der Waals surface area contributed by atoms with Gasteiger partial charge in [0.05, 0.1) is 37.4 Å². The molecule has 0 aliphatic carbocycles. The monoisotopic (exact) mass is 523 g/mol. The molecule has 0 bridgehead atoms. The van der Waals surface area contributed by atoms with Crippen LogP contribution in [0.25, 0.3) is 11.0 Å². The maximum atomic E-state index is 12.9. The molecule has 0 radical (unpaired) electrons. The van der Waals surface area contributed by atoms with Gasteiger partial charge in [-0.15, -0.1) is 6.42 Å². The molecule has 0 aliphatic heterocycles. The number of anilines is 1. The quantitative estimate of drug-likeness (QED) is 0.247. The summed E-state index contributed by atoms with van der Waals surface area (Å²) < 4.78 is 45.4. The summed E-state index contributed by atoms with van der Waals surface area (Å²) in [4.78, 5) is 22.8. The summed E-state index contributed by atoms with van der Waals surface area (Å²) in [5.74, 6) is 1.16. The van der Waals surface area contributed by atoms with E-state index in [1.54, 1.807) is 29.2 Å². The second kappa shape index (κ2) is 10.4. The van der Waals surface area contributed by atoms with Crippen molar-refractivity contribution < 1.29 is 32.0 Å². The largest absolute Gasteiger partial charge is 0.496 e. The van der Waals surface area contributed by atoms with Crippen LogP contribution in [0.4, 0.5) is 5.82 Å². The average molecular weight is 524 g/mol. The van der Waals surface area contributed by atoms with Crippen molar-refractivity contribution in [3.63, 3.8) is 0 Å². The summed E-state index contributed by atoms with van der Waals surface area (Å²) in [5, 5.41) is 11.0. The molecule has 37 heavy (non-hydrogen) atoms. The van der Waals surface area contributed by atoms with Gasteiger partial charge in [0.1, 0.15) is 11.1 Å². The van der Waals surface area contributed by atoms with Crippen molar-refractivity contribution in [1.82, 2.24) is 20.3 Å². The van der Waals surface area contributed by atoms with Crippen LogP contribution in [-0.4, -0.2) is 49.5 Å². The lowest BCUT2D eigenvalue weighted by molar-refractivity contribution is -0.115. The molecule has 12 nitrogen and oxygen atoms in total. The first-order chi connectivity index (χ1) is 17.7. The lowest BCUT2D eigenvalue weighted by atomic mass is 10.1. The number of hydrogen-bond donors (Lipinski definition) is 2. The number of amides is 1. The Balaban J connectivity index is 1.56. The first-order valence-electron chi connectivity index (χ1n) is 10.7. The van der Waals surface area contributed by atoms with Gasteiger partial charge in [0, 0.05) is 18.3 Å². The Bertz CT molecular complexity index is 1620. The van der Waals surface area contributed by atoms with Crippen LogP contribution in [-0.2, 0) is 32.6 Å². The Hall–Kier alpha value is -4.83. The number of carbonyl (C=O) groups excluding carboxylic acids is 2. The van der Waals surface area contributed by atoms with E-state index in [9.17, 15) is 18.0 Å². The summed E-state index contributed by atoms with van der Waals surface area (Å²) in [6.45, 7) is 0.575. The van der Waals surface area contributed by atoms with E-state index in [4.69, 9.17) is 15.7 Å². The van der Waals surface area contributed by atoms with Crippen molar-refractivity contribution >= 4 is 38.7 Å². The summed E-state index contributed by atoms with van der Waals surface area (Å²) in [5.41, 5.74) is 2.01. The molecule has 2 heterocycles. The van der Waals surface area contributed by atoms with Crippen molar-refractivity contribution in [2.45, 2.75) is 18.0 Å². The number of ether oxygens (including phenoxy) is 2. The Morgan fingerprint density at radius 2 is 1.92 bits per heavy atom. The molecular formula is C24H21N5O7S. The predicted molar refractivity (Wildman–Crippen MR) is 131 cm³/mol. The number of rotatable bonds is 9. The molecule has 2 aromatic heterocycles. The van der Waals surface area contributed by atoms with Crippen LogP contribution in [0.2, 0.25) is 0 Å². The van der Waals surface area contributed by atoms with Gasteiger partial charge in [-0.25, -0.2) is 13.2 Å². The first kappa shape index (κ1) is 25.3. The summed E-state index contributed by atoms with van der Waals surface area (Å²) >= 11 is 0. The number of fused-ring (bicyclic) bond motifs is 1. The van der Waals surface area contributed by atoms with Crippen LogP contribution >= 0.6 is 0 Å². The van der Waals surface area contributed by atoms with E-state index in [1.807, 2.05) is 5.92 Å². The zero-order valence-corrected chi connectivity index (χ0v) is 20.5. The number of terminal acetylenes is 1. The van der Waals surface area contributed by atoms with Gasteiger partial charge < -0.3 is 19.3 Å². The molecule has 13 heteroatoms. The minimum Gasteiger partial charge on any atom is -0.496 e. The second-order valence-electron chi connectivity index (χ2n) is 7.70. The van der Waals surface area contributed by atoms with Crippen molar-refractivity contribution in [3.05, 3.63) is 65.5 Å². The van der Waals surface area contributed by atoms with E-state index in [2.05, 4.69) is 25.0 Å². The van der Waals surface area contributed by atoms with Crippen LogP contribution in [0, 0.1) is 12.3 Å². The molecule has 0 atom stereocenters. The number of nitrogens with zero attached hydrogens (tertiary/aromatic N) is 3. The number of carbonyl (C=O) groups is 2. The summed E-state index contributed by atoms with van der Waals surface area (Å²) in [6.07, 6.45) is 8.39. The molecule has 0 saturated carbocycles. The van der Waals surface area contributed by atoms with Gasteiger partial charge in [-0.2, -0.15) is 5.10 Å². The zero-order chi connectivity index (χ0) is 26.6. The number of methoxy groups -OCH3 is 2. The zero-order valence-electron chi connectivity index (χ0n) is 19.7. The Kier molecular flexibility index (Phi) is 7.12. The smallest absolute Gasteiger partial charge is 0.337 e. The Morgan fingerprint density at radius 3 is 2.59 bits per heavy atom. The maximum absolute atomic E-state index is 12.9. The van der Waals surface area contributed by atoms with Gasteiger partial charge in [-0.3, -0.25) is 14.2 Å². The highest BCUT2D eigenvalue weighted by Crippen LogP contribution is 2.35. The molecule has 1 amide bonds.